The van der Waals surface area contributed by atoms with Crippen molar-refractivity contribution in [2.75, 3.05) is 19.6 Å². The molecule has 0 radical (unpaired) electrons. The minimum absolute atomic E-state index is 0.768. The average Bonchev–Trinajstić information content (AvgIpc) is 2.36. The van der Waals surface area contributed by atoms with E-state index in [-0.39, 0.29) is 0 Å². The Kier molecular flexibility index (Phi) is 6.50. The first-order valence-corrected chi connectivity index (χ1v) is 8.37. The maximum absolute atomic E-state index is 3.73. The highest BCUT2D eigenvalue weighted by Crippen LogP contribution is 2.24. The highest BCUT2D eigenvalue weighted by atomic mass is 15.2. The Hall–Kier alpha value is -0.0800. The Labute approximate surface area is 114 Å². The molecule has 0 spiro atoms. The Morgan fingerprint density at radius 1 is 0.944 bits per heavy atom. The summed E-state index contributed by atoms with van der Waals surface area (Å²) in [5, 5.41) is 3.73. The maximum atomic E-state index is 3.73. The van der Waals surface area contributed by atoms with Gasteiger partial charge in [0.25, 0.3) is 0 Å². The van der Waals surface area contributed by atoms with Crippen LogP contribution in [-0.4, -0.2) is 36.6 Å². The quantitative estimate of drug-likeness (QED) is 0.823. The van der Waals surface area contributed by atoms with Crippen molar-refractivity contribution in [2.24, 2.45) is 0 Å². The van der Waals surface area contributed by atoms with Crippen LogP contribution in [0.4, 0.5) is 0 Å². The first-order valence-electron chi connectivity index (χ1n) is 8.37. The van der Waals surface area contributed by atoms with Gasteiger partial charge in [0.2, 0.25) is 0 Å². The zero-order valence-corrected chi connectivity index (χ0v) is 12.3. The third-order valence-electron chi connectivity index (χ3n) is 4.73. The summed E-state index contributed by atoms with van der Waals surface area (Å²) in [7, 11) is 0. The lowest BCUT2D eigenvalue weighted by Crippen LogP contribution is -2.49. The molecular formula is C16H32N2. The van der Waals surface area contributed by atoms with Gasteiger partial charge in [0, 0.05) is 18.6 Å². The van der Waals surface area contributed by atoms with Crippen molar-refractivity contribution in [2.45, 2.75) is 83.2 Å². The van der Waals surface area contributed by atoms with Gasteiger partial charge in [0.1, 0.15) is 0 Å². The van der Waals surface area contributed by atoms with Crippen LogP contribution < -0.4 is 5.32 Å². The fourth-order valence-electron chi connectivity index (χ4n) is 3.65. The molecule has 0 aromatic rings. The third-order valence-corrected chi connectivity index (χ3v) is 4.73. The Morgan fingerprint density at radius 2 is 1.67 bits per heavy atom. The van der Waals surface area contributed by atoms with Crippen molar-refractivity contribution in [3.63, 3.8) is 0 Å². The second kappa shape index (κ2) is 8.16. The molecule has 1 atom stereocenters. The molecule has 1 heterocycles. The zero-order chi connectivity index (χ0) is 12.6. The molecule has 2 nitrogen and oxygen atoms in total. The van der Waals surface area contributed by atoms with Gasteiger partial charge < -0.3 is 5.32 Å². The highest BCUT2D eigenvalue weighted by molar-refractivity contribution is 4.83. The second-order valence-electron chi connectivity index (χ2n) is 6.29. The Morgan fingerprint density at radius 3 is 2.39 bits per heavy atom. The summed E-state index contributed by atoms with van der Waals surface area (Å²) in [6.45, 7) is 6.13. The van der Waals surface area contributed by atoms with E-state index in [1.54, 1.807) is 0 Å². The van der Waals surface area contributed by atoms with Gasteiger partial charge >= 0.3 is 0 Å². The number of nitrogens with zero attached hydrogens (tertiary/aromatic N) is 1. The van der Waals surface area contributed by atoms with Crippen LogP contribution in [0.3, 0.4) is 0 Å². The number of hydrogen-bond donors (Lipinski definition) is 1. The Balaban J connectivity index is 1.78. The first-order chi connectivity index (χ1) is 8.90. The van der Waals surface area contributed by atoms with Crippen LogP contribution in [0.25, 0.3) is 0 Å². The highest BCUT2D eigenvalue weighted by Gasteiger charge is 2.25. The summed E-state index contributed by atoms with van der Waals surface area (Å²) < 4.78 is 0. The molecule has 2 rings (SSSR count). The van der Waals surface area contributed by atoms with Crippen LogP contribution >= 0.6 is 0 Å². The lowest BCUT2D eigenvalue weighted by molar-refractivity contribution is 0.117. The van der Waals surface area contributed by atoms with E-state index in [0.29, 0.717) is 0 Å². The number of hydrogen-bond acceptors (Lipinski definition) is 2. The molecule has 0 bridgehead atoms. The van der Waals surface area contributed by atoms with Gasteiger partial charge in [-0.1, -0.05) is 39.0 Å². The van der Waals surface area contributed by atoms with E-state index in [1.165, 1.54) is 83.8 Å². The van der Waals surface area contributed by atoms with Crippen LogP contribution in [0.1, 0.15) is 71.1 Å². The van der Waals surface area contributed by atoms with E-state index >= 15 is 0 Å². The molecule has 2 fully saturated rings. The number of piperidine rings is 1. The van der Waals surface area contributed by atoms with Crippen molar-refractivity contribution < 1.29 is 0 Å². The number of likely N-dealkylation sites (tertiary alicyclic amines) is 1. The fraction of sp³-hybridized carbons (Fsp3) is 1.00. The zero-order valence-electron chi connectivity index (χ0n) is 12.3. The van der Waals surface area contributed by atoms with Gasteiger partial charge in [-0.3, -0.25) is 4.90 Å². The third kappa shape index (κ3) is 4.55. The average molecular weight is 252 g/mol. The van der Waals surface area contributed by atoms with Crippen LogP contribution in [0.2, 0.25) is 0 Å². The van der Waals surface area contributed by atoms with E-state index in [1.807, 2.05) is 0 Å². The summed E-state index contributed by atoms with van der Waals surface area (Å²) in [4.78, 5) is 2.81. The summed E-state index contributed by atoms with van der Waals surface area (Å²) in [6, 6.07) is 1.67. The predicted octanol–water partition coefficient (Wildman–Crippen LogP) is 3.56. The molecule has 0 amide bonds. The molecule has 1 unspecified atom stereocenters. The summed E-state index contributed by atoms with van der Waals surface area (Å²) >= 11 is 0. The SMILES string of the molecule is CCCNC1CCCN(C2CCCCCCC2)C1. The second-order valence-corrected chi connectivity index (χ2v) is 6.29. The van der Waals surface area contributed by atoms with Crippen molar-refractivity contribution >= 4 is 0 Å². The van der Waals surface area contributed by atoms with Gasteiger partial charge in [-0.2, -0.15) is 0 Å². The molecule has 1 saturated carbocycles. The minimum atomic E-state index is 0.768. The van der Waals surface area contributed by atoms with E-state index in [0.717, 1.165) is 12.1 Å². The van der Waals surface area contributed by atoms with Crippen molar-refractivity contribution in [1.82, 2.24) is 10.2 Å². The molecule has 0 aromatic carbocycles. The molecule has 1 aliphatic heterocycles. The van der Waals surface area contributed by atoms with Crippen molar-refractivity contribution in [1.29, 1.82) is 0 Å². The minimum Gasteiger partial charge on any atom is -0.313 e. The lowest BCUT2D eigenvalue weighted by atomic mass is 9.93. The molecule has 2 heteroatoms. The van der Waals surface area contributed by atoms with E-state index < -0.39 is 0 Å². The van der Waals surface area contributed by atoms with Crippen molar-refractivity contribution in [3.8, 4) is 0 Å². The van der Waals surface area contributed by atoms with E-state index in [4.69, 9.17) is 0 Å². The Bertz CT molecular complexity index is 209. The lowest BCUT2D eigenvalue weighted by Gasteiger charge is -2.39. The van der Waals surface area contributed by atoms with Gasteiger partial charge in [0.15, 0.2) is 0 Å². The van der Waals surface area contributed by atoms with Crippen LogP contribution in [-0.2, 0) is 0 Å². The molecule has 1 aliphatic carbocycles. The topological polar surface area (TPSA) is 15.3 Å². The van der Waals surface area contributed by atoms with E-state index in [2.05, 4.69) is 17.1 Å². The molecule has 106 valence electrons. The fourth-order valence-corrected chi connectivity index (χ4v) is 3.65. The summed E-state index contributed by atoms with van der Waals surface area (Å²) in [5.41, 5.74) is 0. The van der Waals surface area contributed by atoms with Gasteiger partial charge in [-0.05, 0) is 45.2 Å². The predicted molar refractivity (Wildman–Crippen MR) is 79.0 cm³/mol. The van der Waals surface area contributed by atoms with Crippen LogP contribution in [0.15, 0.2) is 0 Å². The first kappa shape index (κ1) is 14.3. The van der Waals surface area contributed by atoms with Gasteiger partial charge in [0.05, 0.1) is 0 Å². The molecule has 18 heavy (non-hydrogen) atoms. The van der Waals surface area contributed by atoms with Gasteiger partial charge in [-0.15, -0.1) is 0 Å². The normalized spacial score (nSPS) is 28.8. The number of nitrogens with one attached hydrogen (secondary N) is 1. The largest absolute Gasteiger partial charge is 0.313 e. The van der Waals surface area contributed by atoms with Crippen LogP contribution in [0, 0.1) is 0 Å². The number of rotatable bonds is 4. The summed E-state index contributed by atoms with van der Waals surface area (Å²) in [5.74, 6) is 0. The van der Waals surface area contributed by atoms with E-state index in [9.17, 15) is 0 Å². The molecule has 2 aliphatic rings. The monoisotopic (exact) mass is 252 g/mol. The molecule has 1 N–H and O–H groups in total. The standard InChI is InChI=1S/C16H32N2/c1-2-12-17-15-9-8-13-18(14-15)16-10-6-4-3-5-7-11-16/h15-17H,2-14H2,1H3. The van der Waals surface area contributed by atoms with Gasteiger partial charge in [-0.25, -0.2) is 0 Å². The molecule has 0 aromatic heterocycles. The molecule has 1 saturated heterocycles. The van der Waals surface area contributed by atoms with Crippen LogP contribution in [0.5, 0.6) is 0 Å². The smallest absolute Gasteiger partial charge is 0.0195 e. The van der Waals surface area contributed by atoms with Crippen molar-refractivity contribution in [3.05, 3.63) is 0 Å². The summed E-state index contributed by atoms with van der Waals surface area (Å²) in [6.07, 6.45) is 14.3. The molecular weight excluding hydrogens is 220 g/mol. The maximum Gasteiger partial charge on any atom is 0.0195 e.